The first-order chi connectivity index (χ1) is 9.65. The number of nitrogens with zero attached hydrogens (tertiary/aromatic N) is 4. The van der Waals surface area contributed by atoms with Crippen LogP contribution in [0, 0.1) is 5.92 Å². The topological polar surface area (TPSA) is 46.0 Å². The standard InChI is InChI=1S/C15H29N5/c1-13(2)10-16-11-14-12-20(18-17-14)9-8-19(3)15-6-4-5-7-15/h12-13,15-16H,4-11H2,1-3H3. The molecular formula is C15H29N5. The number of likely N-dealkylation sites (N-methyl/N-ethyl adjacent to an activating group) is 1. The van der Waals surface area contributed by atoms with Crippen molar-refractivity contribution in [1.29, 1.82) is 0 Å². The van der Waals surface area contributed by atoms with Gasteiger partial charge >= 0.3 is 0 Å². The second-order valence-electron chi connectivity index (χ2n) is 6.42. The molecule has 0 amide bonds. The summed E-state index contributed by atoms with van der Waals surface area (Å²) in [6.45, 7) is 8.26. The summed E-state index contributed by atoms with van der Waals surface area (Å²) in [7, 11) is 2.23. The molecule has 5 nitrogen and oxygen atoms in total. The minimum absolute atomic E-state index is 0.671. The highest BCUT2D eigenvalue weighted by atomic mass is 15.4. The fourth-order valence-corrected chi connectivity index (χ4v) is 2.81. The molecule has 0 atom stereocenters. The van der Waals surface area contributed by atoms with Crippen molar-refractivity contribution in [2.24, 2.45) is 5.92 Å². The zero-order chi connectivity index (χ0) is 14.4. The molecule has 1 aliphatic carbocycles. The minimum atomic E-state index is 0.671. The summed E-state index contributed by atoms with van der Waals surface area (Å²) < 4.78 is 1.97. The normalized spacial score (nSPS) is 16.6. The van der Waals surface area contributed by atoms with Crippen molar-refractivity contribution >= 4 is 0 Å². The van der Waals surface area contributed by atoms with Gasteiger partial charge in [0.2, 0.25) is 0 Å². The molecule has 5 heteroatoms. The van der Waals surface area contributed by atoms with Crippen molar-refractivity contribution in [2.45, 2.75) is 58.7 Å². The number of hydrogen-bond donors (Lipinski definition) is 1. The Morgan fingerprint density at radius 3 is 2.85 bits per heavy atom. The summed E-state index contributed by atoms with van der Waals surface area (Å²) in [5.74, 6) is 0.671. The first kappa shape index (κ1) is 15.4. The third-order valence-electron chi connectivity index (χ3n) is 4.07. The van der Waals surface area contributed by atoms with Crippen LogP contribution in [0.25, 0.3) is 0 Å². The van der Waals surface area contributed by atoms with Crippen LogP contribution < -0.4 is 5.32 Å². The molecule has 2 rings (SSSR count). The molecule has 1 N–H and O–H groups in total. The lowest BCUT2D eigenvalue weighted by atomic mass is 10.2. The number of hydrogen-bond acceptors (Lipinski definition) is 4. The molecule has 1 aromatic heterocycles. The van der Waals surface area contributed by atoms with Crippen molar-refractivity contribution in [1.82, 2.24) is 25.2 Å². The molecule has 1 heterocycles. The highest BCUT2D eigenvalue weighted by Crippen LogP contribution is 2.22. The molecule has 1 aromatic rings. The van der Waals surface area contributed by atoms with Crippen molar-refractivity contribution in [3.63, 3.8) is 0 Å². The van der Waals surface area contributed by atoms with Crippen LogP contribution in [0.1, 0.15) is 45.2 Å². The van der Waals surface area contributed by atoms with Crippen molar-refractivity contribution in [2.75, 3.05) is 20.1 Å². The van der Waals surface area contributed by atoms with Gasteiger partial charge in [0, 0.05) is 25.3 Å². The Kier molecular flexibility index (Phi) is 5.98. The number of aromatic nitrogens is 3. The van der Waals surface area contributed by atoms with Gasteiger partial charge in [-0.15, -0.1) is 5.10 Å². The molecule has 1 aliphatic rings. The maximum atomic E-state index is 4.22. The fraction of sp³-hybridized carbons (Fsp3) is 0.867. The lowest BCUT2D eigenvalue weighted by molar-refractivity contribution is 0.232. The molecule has 0 aliphatic heterocycles. The van der Waals surface area contributed by atoms with E-state index in [0.29, 0.717) is 5.92 Å². The molecule has 0 radical (unpaired) electrons. The molecule has 0 spiro atoms. The van der Waals surface area contributed by atoms with Gasteiger partial charge in [0.05, 0.1) is 12.2 Å². The van der Waals surface area contributed by atoms with Crippen LogP contribution in [0.3, 0.4) is 0 Å². The van der Waals surface area contributed by atoms with Crippen molar-refractivity contribution in [3.8, 4) is 0 Å². The average Bonchev–Trinajstić information content (AvgIpc) is 3.07. The highest BCUT2D eigenvalue weighted by Gasteiger charge is 2.19. The van der Waals surface area contributed by atoms with E-state index in [1.165, 1.54) is 25.7 Å². The van der Waals surface area contributed by atoms with E-state index in [1.807, 2.05) is 4.68 Å². The maximum absolute atomic E-state index is 4.22. The quantitative estimate of drug-likeness (QED) is 0.789. The van der Waals surface area contributed by atoms with Gasteiger partial charge in [-0.3, -0.25) is 4.68 Å². The largest absolute Gasteiger partial charge is 0.311 e. The lowest BCUT2D eigenvalue weighted by Crippen LogP contribution is -2.32. The molecule has 0 bridgehead atoms. The Morgan fingerprint density at radius 2 is 2.15 bits per heavy atom. The summed E-state index contributed by atoms with van der Waals surface area (Å²) in [4.78, 5) is 2.48. The van der Waals surface area contributed by atoms with E-state index < -0.39 is 0 Å². The van der Waals surface area contributed by atoms with Gasteiger partial charge in [0.15, 0.2) is 0 Å². The van der Waals surface area contributed by atoms with Gasteiger partial charge < -0.3 is 10.2 Å². The van der Waals surface area contributed by atoms with Gasteiger partial charge in [-0.1, -0.05) is 31.9 Å². The summed E-state index contributed by atoms with van der Waals surface area (Å²) in [5, 5.41) is 11.8. The third kappa shape index (κ3) is 4.87. The van der Waals surface area contributed by atoms with Crippen LogP contribution in [0.4, 0.5) is 0 Å². The SMILES string of the molecule is CC(C)CNCc1cn(CCN(C)C2CCCC2)nn1. The minimum Gasteiger partial charge on any atom is -0.311 e. The monoisotopic (exact) mass is 279 g/mol. The molecular weight excluding hydrogens is 250 g/mol. The molecule has 1 saturated carbocycles. The Labute approximate surface area is 122 Å². The first-order valence-corrected chi connectivity index (χ1v) is 7.95. The summed E-state index contributed by atoms with van der Waals surface area (Å²) >= 11 is 0. The number of rotatable bonds is 8. The van der Waals surface area contributed by atoms with E-state index in [-0.39, 0.29) is 0 Å². The van der Waals surface area contributed by atoms with E-state index in [4.69, 9.17) is 0 Å². The van der Waals surface area contributed by atoms with Crippen molar-refractivity contribution in [3.05, 3.63) is 11.9 Å². The van der Waals surface area contributed by atoms with Crippen LogP contribution in [0.2, 0.25) is 0 Å². The lowest BCUT2D eigenvalue weighted by Gasteiger charge is -2.23. The van der Waals surface area contributed by atoms with Gasteiger partial charge in [0.25, 0.3) is 0 Å². The maximum Gasteiger partial charge on any atom is 0.0964 e. The first-order valence-electron chi connectivity index (χ1n) is 7.95. The van der Waals surface area contributed by atoms with E-state index in [1.54, 1.807) is 0 Å². The fourth-order valence-electron chi connectivity index (χ4n) is 2.81. The summed E-state index contributed by atoms with van der Waals surface area (Å²) in [5.41, 5.74) is 1.04. The summed E-state index contributed by atoms with van der Waals surface area (Å²) in [6.07, 6.45) is 7.57. The van der Waals surface area contributed by atoms with Crippen LogP contribution in [0.5, 0.6) is 0 Å². The molecule has 0 unspecified atom stereocenters. The Morgan fingerprint density at radius 1 is 1.40 bits per heavy atom. The molecule has 0 saturated heterocycles. The van der Waals surface area contributed by atoms with E-state index in [9.17, 15) is 0 Å². The average molecular weight is 279 g/mol. The Balaban J connectivity index is 1.69. The summed E-state index contributed by atoms with van der Waals surface area (Å²) in [6, 6.07) is 0.783. The van der Waals surface area contributed by atoms with E-state index in [2.05, 4.69) is 47.6 Å². The van der Waals surface area contributed by atoms with Crippen LogP contribution in [-0.4, -0.2) is 46.1 Å². The van der Waals surface area contributed by atoms with Crippen LogP contribution >= 0.6 is 0 Å². The highest BCUT2D eigenvalue weighted by molar-refractivity contribution is 4.91. The predicted molar refractivity (Wildman–Crippen MR) is 81.5 cm³/mol. The zero-order valence-corrected chi connectivity index (χ0v) is 13.2. The zero-order valence-electron chi connectivity index (χ0n) is 13.2. The van der Waals surface area contributed by atoms with Crippen molar-refractivity contribution < 1.29 is 0 Å². The number of nitrogens with one attached hydrogen (secondary N) is 1. The Bertz CT molecular complexity index is 381. The predicted octanol–water partition coefficient (Wildman–Crippen LogP) is 1.90. The molecule has 1 fully saturated rings. The van der Waals surface area contributed by atoms with E-state index >= 15 is 0 Å². The molecule has 0 aromatic carbocycles. The van der Waals surface area contributed by atoms with Gasteiger partial charge in [-0.25, -0.2) is 0 Å². The smallest absolute Gasteiger partial charge is 0.0964 e. The Hall–Kier alpha value is -0.940. The second kappa shape index (κ2) is 7.74. The molecule has 114 valence electrons. The van der Waals surface area contributed by atoms with Crippen LogP contribution in [0.15, 0.2) is 6.20 Å². The molecule has 20 heavy (non-hydrogen) atoms. The van der Waals surface area contributed by atoms with Crippen LogP contribution in [-0.2, 0) is 13.1 Å². The third-order valence-corrected chi connectivity index (χ3v) is 4.07. The van der Waals surface area contributed by atoms with E-state index in [0.717, 1.165) is 37.9 Å². The van der Waals surface area contributed by atoms with Gasteiger partial charge in [-0.05, 0) is 32.4 Å². The van der Waals surface area contributed by atoms with Gasteiger partial charge in [0.1, 0.15) is 0 Å². The van der Waals surface area contributed by atoms with Gasteiger partial charge in [-0.2, -0.15) is 0 Å². The second-order valence-corrected chi connectivity index (χ2v) is 6.42.